The second-order valence-electron chi connectivity index (χ2n) is 20.3. The number of para-hydroxylation sites is 1. The number of aromatic amines is 1. The summed E-state index contributed by atoms with van der Waals surface area (Å²) in [5.74, 6) is -9.76. The number of hydrogen-bond donors (Lipinski definition) is 14. The Kier molecular flexibility index (Phi) is 22.9. The molecule has 16 N–H and O–H groups in total. The first-order valence-corrected chi connectivity index (χ1v) is 29.6. The highest BCUT2D eigenvalue weighted by molar-refractivity contribution is 8.83. The summed E-state index contributed by atoms with van der Waals surface area (Å²) in [4.78, 5) is 131. The molecule has 10 atom stereocenters. The quantitative estimate of drug-likeness (QED) is 0.0324. The molecule has 0 spiro atoms. The number of aliphatic hydroxyl groups excluding tert-OH is 1. The van der Waals surface area contributed by atoms with Crippen LogP contribution in [-0.4, -0.2) is 141 Å². The summed E-state index contributed by atoms with van der Waals surface area (Å²) in [5.41, 5.74) is 20.4. The summed E-state index contributed by atoms with van der Waals surface area (Å²) in [5, 5.41) is 41.9. The first kappa shape index (κ1) is 62.5. The average Bonchev–Trinajstić information content (AvgIpc) is 3.84. The minimum Gasteiger partial charge on any atom is -0.508 e. The first-order valence-electron chi connectivity index (χ1n) is 26.6. The summed E-state index contributed by atoms with van der Waals surface area (Å²) in [6.07, 6.45) is 0.655. The largest absolute Gasteiger partial charge is 0.508 e. The number of aromatic nitrogens is 1. The molecule has 8 amide bonds. The predicted octanol–water partition coefficient (Wildman–Crippen LogP) is 0.568. The van der Waals surface area contributed by atoms with Crippen LogP contribution in [0.2, 0.25) is 0 Å². The third-order valence-corrected chi connectivity index (χ3v) is 17.4. The molecule has 4 aromatic carbocycles. The van der Waals surface area contributed by atoms with Crippen molar-refractivity contribution in [3.63, 3.8) is 0 Å². The number of nitrogens with two attached hydrogens (primary N) is 3. The van der Waals surface area contributed by atoms with E-state index in [1.54, 1.807) is 26.1 Å². The maximum atomic E-state index is 15.1. The summed E-state index contributed by atoms with van der Waals surface area (Å²) in [7, 11) is -1.49. The molecule has 1 aromatic heterocycles. The van der Waals surface area contributed by atoms with E-state index in [9.17, 15) is 43.8 Å². The average molecular weight is 1160 g/mol. The van der Waals surface area contributed by atoms with Gasteiger partial charge < -0.3 is 73.8 Å². The number of H-pyrrole nitrogens is 1. The lowest BCUT2D eigenvalue weighted by atomic mass is 10.00. The molecule has 0 saturated carbocycles. The number of aromatic hydroxyl groups is 1. The number of phenolic OH excluding ortho intramolecular Hbond substituents is 1. The minimum atomic E-state index is -2.30. The lowest BCUT2D eigenvalue weighted by Gasteiger charge is -2.31. The molecular weight excluding hydrogens is 1080 g/mol. The van der Waals surface area contributed by atoms with Crippen LogP contribution in [0.4, 0.5) is 0 Å². The van der Waals surface area contributed by atoms with Crippen molar-refractivity contribution in [3.05, 3.63) is 114 Å². The number of fused-ring (bicyclic) bond motifs is 2. The molecule has 23 nitrogen and oxygen atoms in total. The number of aliphatic hydroxyl groups is 1. The number of benzene rings is 4. The van der Waals surface area contributed by atoms with Gasteiger partial charge in [0.25, 0.3) is 0 Å². The molecule has 0 aliphatic carbocycles. The lowest BCUT2D eigenvalue weighted by molar-refractivity contribution is -0.136. The van der Waals surface area contributed by atoms with Crippen molar-refractivity contribution in [2.24, 2.45) is 23.1 Å². The Hall–Kier alpha value is -7.71. The van der Waals surface area contributed by atoms with Crippen molar-refractivity contribution in [1.82, 2.24) is 42.2 Å². The number of amides is 8. The Morgan fingerprint density at radius 1 is 0.765 bits per heavy atom. The summed E-state index contributed by atoms with van der Waals surface area (Å²) >= 11 is 0. The maximum Gasteiger partial charge on any atom is 0.313 e. The van der Waals surface area contributed by atoms with Gasteiger partial charge in [-0.25, -0.2) is 0 Å². The molecule has 0 bridgehead atoms. The number of unbranched alkanes of at least 4 members (excludes halogenated alkanes) is 1. The Labute approximate surface area is 475 Å². The van der Waals surface area contributed by atoms with Gasteiger partial charge in [-0.05, 0) is 101 Å². The normalized spacial score (nSPS) is 22.4. The maximum absolute atomic E-state index is 15.1. The fraction of sp³-hybridized carbons (Fsp3) is 0.411. The van der Waals surface area contributed by atoms with E-state index in [0.717, 1.165) is 39.4 Å². The van der Waals surface area contributed by atoms with Gasteiger partial charge in [-0.2, -0.15) is 0 Å². The van der Waals surface area contributed by atoms with Gasteiger partial charge in [0.15, 0.2) is 0 Å². The van der Waals surface area contributed by atoms with Crippen LogP contribution in [0, 0.1) is 5.92 Å². The van der Waals surface area contributed by atoms with Crippen molar-refractivity contribution < 1.29 is 57.5 Å². The summed E-state index contributed by atoms with van der Waals surface area (Å²) in [6.45, 7) is 5.81. The number of thiol groups is 1. The van der Waals surface area contributed by atoms with Gasteiger partial charge in [0.2, 0.25) is 47.3 Å². The number of nitrogens with one attached hydrogen (secondary N) is 8. The minimum absolute atomic E-state index is 0.0190. The van der Waals surface area contributed by atoms with E-state index in [1.165, 1.54) is 31.2 Å². The molecule has 1 aliphatic heterocycles. The van der Waals surface area contributed by atoms with Gasteiger partial charge in [0, 0.05) is 48.4 Å². The second-order valence-corrected chi connectivity index (χ2v) is 24.1. The molecule has 1 saturated heterocycles. The standard InChI is InChI=1S/C56H73N11O12S2/c1-30(2)47-56(78)64-45(54(76)67-48(31(3)68)49(59)71)28-80-81(79-32(4)69)29-46(65-50(72)40(58)24-34-16-19-35-11-5-6-12-36(35)23-34)55(77)62-43(25-33-17-20-38(70)21-18-33)52(74)63-44(26-37-27-60-41-14-8-7-13-39(37)41)53(75)61-42(51(73)66-47)15-9-10-22-57/h5-8,11-14,16-21,23,27,30-31,40,42-48,60,68,70,81H,9-10,15,22,24-26,28-29,57-58H2,1-4H3,(H2,59,71)(H,61,75)(H,62,77)(H,63,74)(H,64,78)(H,65,72)(H,66,73)(H,67,76)/t31-,40-,42+,43+,44-,45-,46-,47+,48+/m1/s1. The van der Waals surface area contributed by atoms with Crippen LogP contribution >= 0.6 is 21.0 Å². The summed E-state index contributed by atoms with van der Waals surface area (Å²) in [6, 6.07) is 14.5. The van der Waals surface area contributed by atoms with Crippen molar-refractivity contribution in [2.75, 3.05) is 18.1 Å². The number of carbonyl (C=O) groups is 9. The van der Waals surface area contributed by atoms with Crippen LogP contribution < -0.4 is 54.4 Å². The monoisotopic (exact) mass is 1160 g/mol. The third kappa shape index (κ3) is 18.1. The van der Waals surface area contributed by atoms with Crippen molar-refractivity contribution >= 4 is 95.9 Å². The Morgan fingerprint density at radius 3 is 2.06 bits per heavy atom. The SMILES string of the molecule is CC(=O)O[SH]1C[C@@H](NC(=O)[C@H](N)Cc2ccc3ccccc3c2)C(=O)N[C@@H](Cc2ccc(O)cc2)C(=O)N[C@H](Cc2c[nH]c3ccccc23)C(=O)N[C@@H](CCCCN)C(=O)N[C@@H](C(C)C)C(=O)N[C@@H](C(=O)N[C@H](C(N)=O)[C@@H](C)O)CS1. The van der Waals surface area contributed by atoms with Crippen molar-refractivity contribution in [2.45, 2.75) is 121 Å². The Bertz CT molecular complexity index is 3050. The van der Waals surface area contributed by atoms with E-state index < -0.39 is 135 Å². The van der Waals surface area contributed by atoms with Gasteiger partial charge >= 0.3 is 5.97 Å². The number of rotatable bonds is 18. The van der Waals surface area contributed by atoms with Crippen LogP contribution in [0.1, 0.15) is 63.6 Å². The molecular formula is C56H73N11O12S2. The fourth-order valence-electron chi connectivity index (χ4n) is 9.05. The van der Waals surface area contributed by atoms with Gasteiger partial charge in [0.05, 0.1) is 12.1 Å². The third-order valence-electron chi connectivity index (χ3n) is 13.5. The highest BCUT2D eigenvalue weighted by Gasteiger charge is 2.37. The molecule has 1 fully saturated rings. The van der Waals surface area contributed by atoms with E-state index in [4.69, 9.17) is 21.4 Å². The molecule has 436 valence electrons. The number of hydrogen-bond acceptors (Lipinski definition) is 15. The zero-order valence-electron chi connectivity index (χ0n) is 45.4. The van der Waals surface area contributed by atoms with Gasteiger partial charge in [0.1, 0.15) is 48.0 Å². The van der Waals surface area contributed by atoms with Crippen LogP contribution in [0.5, 0.6) is 5.75 Å². The molecule has 2 heterocycles. The lowest BCUT2D eigenvalue weighted by Crippen LogP contribution is -2.62. The molecule has 1 unspecified atom stereocenters. The Balaban J connectivity index is 1.46. The molecule has 81 heavy (non-hydrogen) atoms. The van der Waals surface area contributed by atoms with Crippen LogP contribution in [-0.2, 0) is 66.6 Å². The number of primary amides is 1. The highest BCUT2D eigenvalue weighted by Crippen LogP contribution is 2.43. The molecule has 1 aliphatic rings. The van der Waals surface area contributed by atoms with Crippen molar-refractivity contribution in [1.29, 1.82) is 0 Å². The molecule has 25 heteroatoms. The second kappa shape index (κ2) is 29.7. The molecule has 0 radical (unpaired) electrons. The van der Waals surface area contributed by atoms with E-state index in [1.807, 2.05) is 60.7 Å². The smallest absolute Gasteiger partial charge is 0.313 e. The zero-order chi connectivity index (χ0) is 58.9. The molecule has 6 rings (SSSR count). The topological polar surface area (TPSA) is 381 Å². The van der Waals surface area contributed by atoms with Gasteiger partial charge in [-0.15, -0.1) is 0 Å². The van der Waals surface area contributed by atoms with Crippen LogP contribution in [0.3, 0.4) is 0 Å². The predicted molar refractivity (Wildman–Crippen MR) is 310 cm³/mol. The van der Waals surface area contributed by atoms with Crippen LogP contribution in [0.25, 0.3) is 21.7 Å². The van der Waals surface area contributed by atoms with Gasteiger partial charge in [-0.1, -0.05) is 97.4 Å². The first-order chi connectivity index (χ1) is 38.6. The fourth-order valence-corrected chi connectivity index (χ4v) is 12.9. The van der Waals surface area contributed by atoms with E-state index >= 15 is 9.59 Å². The summed E-state index contributed by atoms with van der Waals surface area (Å²) < 4.78 is 5.77. The van der Waals surface area contributed by atoms with Gasteiger partial charge in [-0.3, -0.25) is 43.2 Å². The molecule has 5 aromatic rings. The van der Waals surface area contributed by atoms with Crippen molar-refractivity contribution in [3.8, 4) is 5.75 Å². The van der Waals surface area contributed by atoms with E-state index in [2.05, 4.69) is 42.2 Å². The van der Waals surface area contributed by atoms with E-state index in [0.29, 0.717) is 29.5 Å². The van der Waals surface area contributed by atoms with E-state index in [-0.39, 0.29) is 38.0 Å². The zero-order valence-corrected chi connectivity index (χ0v) is 47.2. The highest BCUT2D eigenvalue weighted by atomic mass is 33.1. The van der Waals surface area contributed by atoms with Crippen LogP contribution in [0.15, 0.2) is 97.2 Å². The number of carbonyl (C=O) groups excluding carboxylic acids is 9. The Morgan fingerprint density at radius 2 is 1.40 bits per heavy atom. The number of phenols is 1.